The summed E-state index contributed by atoms with van der Waals surface area (Å²) in [5, 5.41) is 12.8. The number of hydrogen-bond donors (Lipinski definition) is 0. The van der Waals surface area contributed by atoms with Crippen LogP contribution < -0.4 is 0 Å². The van der Waals surface area contributed by atoms with E-state index in [0.717, 1.165) is 49.5 Å². The molecule has 1 saturated heterocycles. The summed E-state index contributed by atoms with van der Waals surface area (Å²) < 4.78 is 5.87. The zero-order valence-corrected chi connectivity index (χ0v) is 19.6. The molecule has 31 heavy (non-hydrogen) atoms. The van der Waals surface area contributed by atoms with Crippen molar-refractivity contribution < 1.29 is 9.53 Å². The minimum atomic E-state index is -0.0177. The molecular weight excluding hydrogens is 446 g/mol. The molecule has 3 aromatic rings. The zero-order valence-electron chi connectivity index (χ0n) is 17.2. The Morgan fingerprint density at radius 1 is 1.13 bits per heavy atom. The molecule has 3 aromatic heterocycles. The van der Waals surface area contributed by atoms with Crippen LogP contribution in [0.3, 0.4) is 0 Å². The molecule has 5 heterocycles. The second-order valence-electron chi connectivity index (χ2n) is 7.88. The fourth-order valence-electron chi connectivity index (χ4n) is 4.18. The van der Waals surface area contributed by atoms with Gasteiger partial charge in [0, 0.05) is 35.9 Å². The molecule has 0 saturated carbocycles. The third-order valence-electron chi connectivity index (χ3n) is 5.65. The van der Waals surface area contributed by atoms with Crippen LogP contribution in [0.15, 0.2) is 57.6 Å². The van der Waals surface area contributed by atoms with Crippen LogP contribution in [0.1, 0.15) is 39.9 Å². The number of amides is 1. The van der Waals surface area contributed by atoms with Gasteiger partial charge in [-0.15, -0.1) is 34.0 Å². The first-order valence-electron chi connectivity index (χ1n) is 10.6. The van der Waals surface area contributed by atoms with Gasteiger partial charge in [-0.3, -0.25) is 9.69 Å². The number of thiophene rings is 3. The molecule has 5 nitrogen and oxygen atoms in total. The largest absolute Gasteiger partial charge is 0.377 e. The second kappa shape index (κ2) is 9.75. The van der Waals surface area contributed by atoms with Crippen LogP contribution in [0.4, 0.5) is 0 Å². The highest BCUT2D eigenvalue weighted by Crippen LogP contribution is 2.36. The number of nitrogens with zero attached hydrogens (tertiary/aromatic N) is 3. The van der Waals surface area contributed by atoms with Crippen LogP contribution in [-0.4, -0.2) is 47.3 Å². The first-order valence-corrected chi connectivity index (χ1v) is 13.2. The molecule has 0 unspecified atom stereocenters. The smallest absolute Gasteiger partial charge is 0.257 e. The SMILES string of the molecule is O=C(CN(Cc1cccs1)C[C@H]1CCCO1)N1N=C(c2cccs2)C[C@@H]1c1cccs1. The maximum absolute atomic E-state index is 13.5. The second-order valence-corrected chi connectivity index (χ2v) is 10.8. The average molecular weight is 472 g/mol. The van der Waals surface area contributed by atoms with Crippen molar-refractivity contribution in [3.63, 3.8) is 0 Å². The van der Waals surface area contributed by atoms with Crippen molar-refractivity contribution in [2.75, 3.05) is 19.7 Å². The van der Waals surface area contributed by atoms with E-state index in [4.69, 9.17) is 9.84 Å². The summed E-state index contributed by atoms with van der Waals surface area (Å²) in [7, 11) is 0. The molecule has 162 valence electrons. The van der Waals surface area contributed by atoms with Crippen molar-refractivity contribution in [1.82, 2.24) is 9.91 Å². The highest BCUT2D eigenvalue weighted by molar-refractivity contribution is 7.12. The van der Waals surface area contributed by atoms with Crippen molar-refractivity contribution in [2.45, 2.75) is 38.0 Å². The number of hydrogen-bond acceptors (Lipinski definition) is 7. The minimum absolute atomic E-state index is 0.0177. The van der Waals surface area contributed by atoms with Gasteiger partial charge >= 0.3 is 0 Å². The van der Waals surface area contributed by atoms with Gasteiger partial charge in [0.15, 0.2) is 0 Å². The Bertz CT molecular complexity index is 993. The first kappa shape index (κ1) is 21.0. The van der Waals surface area contributed by atoms with Crippen molar-refractivity contribution in [3.05, 3.63) is 67.2 Å². The number of hydrazone groups is 1. The van der Waals surface area contributed by atoms with Crippen LogP contribution in [-0.2, 0) is 16.1 Å². The van der Waals surface area contributed by atoms with E-state index in [0.29, 0.717) is 6.54 Å². The molecule has 1 fully saturated rings. The fraction of sp³-hybridized carbons (Fsp3) is 0.391. The van der Waals surface area contributed by atoms with Gasteiger partial charge in [0.2, 0.25) is 0 Å². The lowest BCUT2D eigenvalue weighted by atomic mass is 10.1. The maximum atomic E-state index is 13.5. The number of ether oxygens (including phenoxy) is 1. The van der Waals surface area contributed by atoms with Gasteiger partial charge in [0.05, 0.1) is 29.3 Å². The van der Waals surface area contributed by atoms with Crippen LogP contribution >= 0.6 is 34.0 Å². The zero-order chi connectivity index (χ0) is 21.0. The minimum Gasteiger partial charge on any atom is -0.377 e. The molecule has 2 atom stereocenters. The predicted molar refractivity (Wildman–Crippen MR) is 128 cm³/mol. The monoisotopic (exact) mass is 471 g/mol. The van der Waals surface area contributed by atoms with Crippen molar-refractivity contribution in [2.24, 2.45) is 5.10 Å². The summed E-state index contributed by atoms with van der Waals surface area (Å²) in [5.74, 6) is 0.0551. The van der Waals surface area contributed by atoms with Gasteiger partial charge < -0.3 is 4.74 Å². The maximum Gasteiger partial charge on any atom is 0.257 e. The number of carbonyl (C=O) groups excluding carboxylic acids is 1. The molecule has 0 N–H and O–H groups in total. The lowest BCUT2D eigenvalue weighted by Crippen LogP contribution is -2.40. The van der Waals surface area contributed by atoms with Gasteiger partial charge in [-0.2, -0.15) is 5.10 Å². The van der Waals surface area contributed by atoms with Gasteiger partial charge in [-0.1, -0.05) is 18.2 Å². The Morgan fingerprint density at radius 2 is 1.97 bits per heavy atom. The summed E-state index contributed by atoms with van der Waals surface area (Å²) in [6.45, 7) is 2.72. The van der Waals surface area contributed by atoms with E-state index in [1.165, 1.54) is 9.75 Å². The molecule has 2 aliphatic rings. The highest BCUT2D eigenvalue weighted by Gasteiger charge is 2.35. The van der Waals surface area contributed by atoms with Crippen molar-refractivity contribution in [3.8, 4) is 0 Å². The summed E-state index contributed by atoms with van der Waals surface area (Å²) >= 11 is 5.11. The summed E-state index contributed by atoms with van der Waals surface area (Å²) in [4.78, 5) is 19.4. The first-order chi connectivity index (χ1) is 15.3. The van der Waals surface area contributed by atoms with Gasteiger partial charge in [-0.25, -0.2) is 5.01 Å². The van der Waals surface area contributed by atoms with E-state index in [-0.39, 0.29) is 18.1 Å². The van der Waals surface area contributed by atoms with E-state index in [1.54, 1.807) is 39.0 Å². The Balaban J connectivity index is 1.35. The normalized spacial score (nSPS) is 21.2. The molecular formula is C23H25N3O2S3. The third kappa shape index (κ3) is 4.99. The molecule has 5 rings (SSSR count). The highest BCUT2D eigenvalue weighted by atomic mass is 32.1. The molecule has 0 bridgehead atoms. The quantitative estimate of drug-likeness (QED) is 0.452. The Labute approximate surface area is 194 Å². The van der Waals surface area contributed by atoms with E-state index >= 15 is 0 Å². The lowest BCUT2D eigenvalue weighted by molar-refractivity contribution is -0.134. The van der Waals surface area contributed by atoms with Crippen molar-refractivity contribution in [1.29, 1.82) is 0 Å². The molecule has 0 aliphatic carbocycles. The molecule has 2 aliphatic heterocycles. The Morgan fingerprint density at radius 3 is 2.68 bits per heavy atom. The van der Waals surface area contributed by atoms with Crippen LogP contribution in [0.5, 0.6) is 0 Å². The van der Waals surface area contributed by atoms with E-state index < -0.39 is 0 Å². The molecule has 0 aromatic carbocycles. The fourth-order valence-corrected chi connectivity index (χ4v) is 6.46. The van der Waals surface area contributed by atoms with Crippen molar-refractivity contribution >= 4 is 45.6 Å². The topological polar surface area (TPSA) is 45.1 Å². The third-order valence-corrected chi connectivity index (χ3v) is 8.40. The summed E-state index contributed by atoms with van der Waals surface area (Å²) in [6, 6.07) is 12.5. The standard InChI is InChI=1S/C23H25N3O2S3/c27-23(16-25(14-17-5-1-9-28-17)15-18-6-2-10-29-18)26-20(22-8-4-12-31-22)13-19(24-26)21-7-3-11-30-21/h2-4,6-8,10-12,17,20H,1,5,9,13-16H2/t17-,20-/m1/s1. The van der Waals surface area contributed by atoms with E-state index in [1.807, 2.05) is 12.1 Å². The average Bonchev–Trinajstić information content (AvgIpc) is 3.59. The summed E-state index contributed by atoms with van der Waals surface area (Å²) in [6.07, 6.45) is 3.15. The van der Waals surface area contributed by atoms with E-state index in [2.05, 4.69) is 45.3 Å². The van der Waals surface area contributed by atoms with E-state index in [9.17, 15) is 4.79 Å². The van der Waals surface area contributed by atoms with Gasteiger partial charge in [0.25, 0.3) is 5.91 Å². The van der Waals surface area contributed by atoms with Crippen LogP contribution in [0, 0.1) is 0 Å². The predicted octanol–water partition coefficient (Wildman–Crippen LogP) is 5.23. The lowest BCUT2D eigenvalue weighted by Gasteiger charge is -2.27. The van der Waals surface area contributed by atoms with Gasteiger partial charge in [-0.05, 0) is 47.2 Å². The Hall–Kier alpha value is -1.84. The van der Waals surface area contributed by atoms with Crippen LogP contribution in [0.25, 0.3) is 0 Å². The molecule has 0 spiro atoms. The van der Waals surface area contributed by atoms with Crippen LogP contribution in [0.2, 0.25) is 0 Å². The molecule has 1 amide bonds. The summed E-state index contributed by atoms with van der Waals surface area (Å²) in [5.41, 5.74) is 1.01. The Kier molecular flexibility index (Phi) is 6.61. The molecule has 0 radical (unpaired) electrons. The molecule has 8 heteroatoms. The number of carbonyl (C=O) groups is 1. The van der Waals surface area contributed by atoms with Gasteiger partial charge in [0.1, 0.15) is 0 Å². The number of rotatable bonds is 8.